The maximum absolute atomic E-state index is 11.9. The number of ether oxygens (including phenoxy) is 2. The van der Waals surface area contributed by atoms with Crippen LogP contribution in [0.15, 0.2) is 12.1 Å². The first-order valence-electron chi connectivity index (χ1n) is 14.3. The summed E-state index contributed by atoms with van der Waals surface area (Å²) in [7, 11) is -2.56. The van der Waals surface area contributed by atoms with E-state index in [1.807, 2.05) is 19.8 Å². The summed E-state index contributed by atoms with van der Waals surface area (Å²) >= 11 is 0. The number of hydrogen-bond donors (Lipinski definition) is 1. The number of carbonyl (C=O) groups is 1. The predicted molar refractivity (Wildman–Crippen MR) is 155 cm³/mol. The summed E-state index contributed by atoms with van der Waals surface area (Å²) in [6, 6.07) is 0. The lowest BCUT2D eigenvalue weighted by Gasteiger charge is -2.50. The van der Waals surface area contributed by atoms with Crippen LogP contribution in [0.25, 0.3) is 0 Å². The molecule has 2 saturated heterocycles. The lowest BCUT2D eigenvalue weighted by Crippen LogP contribution is -2.57. The van der Waals surface area contributed by atoms with Crippen LogP contribution in [-0.2, 0) is 28.0 Å². The highest BCUT2D eigenvalue weighted by atomic mass is 28.4. The Balaban J connectivity index is 2.19. The minimum absolute atomic E-state index is 0.0224. The zero-order chi connectivity index (χ0) is 29.5. The van der Waals surface area contributed by atoms with E-state index in [4.69, 9.17) is 23.2 Å². The van der Waals surface area contributed by atoms with Crippen LogP contribution in [0.4, 0.5) is 0 Å². The molecule has 0 saturated carbocycles. The molecule has 2 aliphatic heterocycles. The van der Waals surface area contributed by atoms with E-state index in [2.05, 4.69) is 88.4 Å². The van der Waals surface area contributed by atoms with Gasteiger partial charge < -0.3 is 28.3 Å². The van der Waals surface area contributed by atoms with Crippen LogP contribution < -0.4 is 0 Å². The fourth-order valence-electron chi connectivity index (χ4n) is 5.08. The summed E-state index contributed by atoms with van der Waals surface area (Å²) < 4.78 is 31.8. The Morgan fingerprint density at radius 2 is 1.53 bits per heavy atom. The van der Waals surface area contributed by atoms with E-state index in [9.17, 15) is 9.90 Å². The number of hydrogen-bond acceptors (Lipinski definition) is 6. The van der Waals surface area contributed by atoms with Gasteiger partial charge >= 0.3 is 13.1 Å². The highest BCUT2D eigenvalue weighted by Gasteiger charge is 2.51. The van der Waals surface area contributed by atoms with Gasteiger partial charge in [0, 0.05) is 11.8 Å². The molecule has 2 rings (SSSR count). The molecule has 0 spiro atoms. The van der Waals surface area contributed by atoms with Crippen molar-refractivity contribution in [2.45, 2.75) is 149 Å². The summed E-state index contributed by atoms with van der Waals surface area (Å²) in [6.45, 7) is 29.4. The van der Waals surface area contributed by atoms with Crippen molar-refractivity contribution in [2.75, 3.05) is 0 Å². The van der Waals surface area contributed by atoms with Crippen molar-refractivity contribution in [3.05, 3.63) is 12.1 Å². The minimum Gasteiger partial charge on any atom is -0.481 e. The lowest BCUT2D eigenvalue weighted by atomic mass is 9.79. The van der Waals surface area contributed by atoms with E-state index >= 15 is 0 Å². The van der Waals surface area contributed by atoms with Gasteiger partial charge in [-0.25, -0.2) is 0 Å². The molecule has 1 N–H and O–H groups in total. The van der Waals surface area contributed by atoms with Gasteiger partial charge in [0.1, 0.15) is 0 Å². The Hall–Kier alpha value is -0.708. The second kappa shape index (κ2) is 11.6. The zero-order valence-electron chi connectivity index (χ0n) is 26.5. The molecule has 2 fully saturated rings. The third-order valence-corrected chi connectivity index (χ3v) is 13.7. The van der Waals surface area contributed by atoms with Gasteiger partial charge in [-0.15, -0.1) is 0 Å². The Morgan fingerprint density at radius 1 is 1.03 bits per heavy atom. The van der Waals surface area contributed by atoms with E-state index in [0.29, 0.717) is 0 Å². The van der Waals surface area contributed by atoms with Crippen LogP contribution in [0.5, 0.6) is 0 Å². The topological polar surface area (TPSA) is 83.5 Å². The van der Waals surface area contributed by atoms with Crippen molar-refractivity contribution in [3.8, 4) is 0 Å². The molecule has 220 valence electrons. The maximum atomic E-state index is 11.9. The molecule has 0 aromatic carbocycles. The van der Waals surface area contributed by atoms with E-state index in [0.717, 1.165) is 6.42 Å². The molecule has 0 aromatic rings. The summed E-state index contributed by atoms with van der Waals surface area (Å²) in [6.07, 6.45) is 2.18. The van der Waals surface area contributed by atoms with Gasteiger partial charge in [0.05, 0.1) is 35.9 Å². The van der Waals surface area contributed by atoms with Crippen LogP contribution in [0.1, 0.15) is 95.9 Å². The van der Waals surface area contributed by atoms with Crippen molar-refractivity contribution in [2.24, 2.45) is 17.8 Å². The van der Waals surface area contributed by atoms with Crippen molar-refractivity contribution in [1.29, 1.82) is 0 Å². The zero-order valence-corrected chi connectivity index (χ0v) is 27.5. The summed E-state index contributed by atoms with van der Waals surface area (Å²) in [4.78, 5) is 11.9. The minimum atomic E-state index is -2.19. The lowest BCUT2D eigenvalue weighted by molar-refractivity contribution is -0.337. The molecule has 0 radical (unpaired) electrons. The number of carboxylic acid groups (broad SMARTS) is 1. The average Bonchev–Trinajstić information content (AvgIpc) is 2.93. The number of aliphatic carboxylic acids is 1. The first-order valence-corrected chi connectivity index (χ1v) is 17.2. The van der Waals surface area contributed by atoms with Gasteiger partial charge in [-0.05, 0) is 72.0 Å². The van der Waals surface area contributed by atoms with Crippen LogP contribution in [0.2, 0.25) is 18.1 Å². The summed E-state index contributed by atoms with van der Waals surface area (Å²) in [5.41, 5.74) is -0.726. The Morgan fingerprint density at radius 3 is 2.00 bits per heavy atom. The molecule has 38 heavy (non-hydrogen) atoms. The Labute approximate surface area is 233 Å². The first-order chi connectivity index (χ1) is 17.0. The second-order valence-electron chi connectivity index (χ2n) is 14.6. The molecule has 2 heterocycles. The van der Waals surface area contributed by atoms with Gasteiger partial charge in [-0.1, -0.05) is 53.6 Å². The van der Waals surface area contributed by atoms with Gasteiger partial charge in [0.25, 0.3) is 0 Å². The van der Waals surface area contributed by atoms with Crippen LogP contribution in [0.3, 0.4) is 0 Å². The summed E-state index contributed by atoms with van der Waals surface area (Å²) in [5, 5.41) is 9.71. The van der Waals surface area contributed by atoms with Crippen LogP contribution in [0, 0.1) is 17.8 Å². The van der Waals surface area contributed by atoms with E-state index in [1.165, 1.54) is 0 Å². The molecule has 0 unspecified atom stereocenters. The van der Waals surface area contributed by atoms with Gasteiger partial charge in [0.15, 0.2) is 14.1 Å². The maximum Gasteiger partial charge on any atom is 0.486 e. The third-order valence-electron chi connectivity index (χ3n) is 9.24. The highest BCUT2D eigenvalue weighted by molar-refractivity contribution is 6.74. The van der Waals surface area contributed by atoms with Crippen molar-refractivity contribution in [1.82, 2.24) is 0 Å². The standard InChI is InChI=1S/C29H55BO7Si/c1-19(16-15-17-30-36-27(7,8)28(9,10)37-30)24-21(3)25(34-29(11,12)33-24)20(2)22(18-23(31)32)35-38(13,14)26(4,5)6/h15,17,19-22,24-25H,16,18H2,1-14H3,(H,31,32)/b17-15+/t19-,20+,21-,22+,24+,25-/m0/s1. The van der Waals surface area contributed by atoms with Crippen molar-refractivity contribution >= 4 is 21.4 Å². The second-order valence-corrected chi connectivity index (χ2v) is 19.3. The number of carboxylic acids is 1. The van der Waals surface area contributed by atoms with Gasteiger partial charge in [0.2, 0.25) is 0 Å². The monoisotopic (exact) mass is 554 g/mol. The molecular weight excluding hydrogens is 499 g/mol. The Bertz CT molecular complexity index is 832. The highest BCUT2D eigenvalue weighted by Crippen LogP contribution is 2.43. The van der Waals surface area contributed by atoms with Gasteiger partial charge in [-0.3, -0.25) is 4.79 Å². The van der Waals surface area contributed by atoms with E-state index < -0.39 is 26.2 Å². The fraction of sp³-hybridized carbons (Fsp3) is 0.897. The molecule has 0 aliphatic carbocycles. The van der Waals surface area contributed by atoms with Crippen molar-refractivity contribution in [3.63, 3.8) is 0 Å². The molecular formula is C29H55BO7Si. The predicted octanol–water partition coefficient (Wildman–Crippen LogP) is 6.86. The Kier molecular flexibility index (Phi) is 10.3. The van der Waals surface area contributed by atoms with Crippen LogP contribution in [-0.4, -0.2) is 61.8 Å². The smallest absolute Gasteiger partial charge is 0.481 e. The molecule has 7 nitrogen and oxygen atoms in total. The molecule has 0 aromatic heterocycles. The molecule has 0 bridgehead atoms. The SMILES string of the molecule is C[C@@H]1[C@H]([C@H](C)[C@@H](CC(=O)O)O[Si](C)(C)C(C)(C)C)OC(C)(C)O[C@@H]1[C@@H](C)C/C=C/B1OC(C)(C)C(C)(C)O1. The van der Waals surface area contributed by atoms with Crippen LogP contribution >= 0.6 is 0 Å². The third kappa shape index (κ3) is 7.94. The largest absolute Gasteiger partial charge is 0.486 e. The van der Waals surface area contributed by atoms with E-state index in [1.54, 1.807) is 0 Å². The molecule has 0 amide bonds. The van der Waals surface area contributed by atoms with Crippen molar-refractivity contribution < 1.29 is 33.1 Å². The molecule has 6 atom stereocenters. The molecule has 9 heteroatoms. The fourth-order valence-corrected chi connectivity index (χ4v) is 6.49. The quantitative estimate of drug-likeness (QED) is 0.296. The molecule has 2 aliphatic rings. The van der Waals surface area contributed by atoms with Gasteiger partial charge in [-0.2, -0.15) is 0 Å². The summed E-state index contributed by atoms with van der Waals surface area (Å²) in [5.74, 6) is 0.506. The van der Waals surface area contributed by atoms with E-state index in [-0.39, 0.29) is 59.7 Å². The first kappa shape index (κ1) is 33.5. The number of allylic oxidation sites excluding steroid dienone is 1. The average molecular weight is 555 g/mol. The number of rotatable bonds is 10. The normalized spacial score (nSPS) is 29.8.